The first-order valence-electron chi connectivity index (χ1n) is 9.49. The maximum absolute atomic E-state index is 12.3. The van der Waals surface area contributed by atoms with Crippen molar-refractivity contribution < 1.29 is 19.4 Å². The lowest BCUT2D eigenvalue weighted by atomic mass is 9.87. The highest BCUT2D eigenvalue weighted by Gasteiger charge is 2.30. The molecule has 7 nitrogen and oxygen atoms in total. The molecule has 2 aromatic carbocycles. The number of aromatic hydroxyl groups is 1. The Kier molecular flexibility index (Phi) is 7.60. The summed E-state index contributed by atoms with van der Waals surface area (Å²) in [6.45, 7) is 2.17. The molecule has 0 bridgehead atoms. The monoisotopic (exact) mass is 501 g/mol. The minimum Gasteiger partial charge on any atom is -0.504 e. The smallest absolute Gasteiger partial charge is 0.234 e. The van der Waals surface area contributed by atoms with E-state index in [9.17, 15) is 20.0 Å². The van der Waals surface area contributed by atoms with Crippen molar-refractivity contribution in [1.29, 1.82) is 5.26 Å². The Hall–Kier alpha value is -2.96. The van der Waals surface area contributed by atoms with Crippen LogP contribution in [0, 0.1) is 11.3 Å². The summed E-state index contributed by atoms with van der Waals surface area (Å²) in [7, 11) is 0. The van der Waals surface area contributed by atoms with Gasteiger partial charge in [-0.3, -0.25) is 9.59 Å². The SMILES string of the molecule is CCOc1cc([C@@H]2CC(=O)NC(SCC(=O)Nc3ccc(Br)cc3)=C2C#N)ccc1O. The number of rotatable bonds is 7. The van der Waals surface area contributed by atoms with E-state index in [0.29, 0.717) is 34.2 Å². The van der Waals surface area contributed by atoms with Gasteiger partial charge in [-0.25, -0.2) is 0 Å². The number of carbonyl (C=O) groups excluding carboxylic acids is 2. The fraction of sp³-hybridized carbons (Fsp3) is 0.227. The van der Waals surface area contributed by atoms with E-state index in [1.807, 2.05) is 12.1 Å². The van der Waals surface area contributed by atoms with E-state index >= 15 is 0 Å². The third-order valence-corrected chi connectivity index (χ3v) is 6.06. The molecule has 0 saturated heterocycles. The van der Waals surface area contributed by atoms with E-state index in [4.69, 9.17) is 4.74 Å². The van der Waals surface area contributed by atoms with Crippen LogP contribution in [0.5, 0.6) is 11.5 Å². The highest BCUT2D eigenvalue weighted by atomic mass is 79.9. The zero-order valence-corrected chi connectivity index (χ0v) is 19.0. The van der Waals surface area contributed by atoms with Crippen molar-refractivity contribution in [2.45, 2.75) is 19.3 Å². The van der Waals surface area contributed by atoms with E-state index in [-0.39, 0.29) is 29.7 Å². The van der Waals surface area contributed by atoms with Gasteiger partial charge < -0.3 is 20.5 Å². The molecule has 3 rings (SSSR count). The fourth-order valence-corrected chi connectivity index (χ4v) is 4.25. The molecule has 0 aromatic heterocycles. The second-order valence-corrected chi connectivity index (χ2v) is 8.56. The van der Waals surface area contributed by atoms with E-state index in [1.54, 1.807) is 31.2 Å². The molecule has 1 heterocycles. The topological polar surface area (TPSA) is 111 Å². The van der Waals surface area contributed by atoms with Crippen LogP contribution in [0.25, 0.3) is 0 Å². The summed E-state index contributed by atoms with van der Waals surface area (Å²) in [5, 5.41) is 25.6. The Labute approximate surface area is 192 Å². The molecule has 0 fully saturated rings. The zero-order chi connectivity index (χ0) is 22.4. The molecule has 1 atom stereocenters. The van der Waals surface area contributed by atoms with Crippen molar-refractivity contribution >= 4 is 45.2 Å². The van der Waals surface area contributed by atoms with Crippen LogP contribution in [0.4, 0.5) is 5.69 Å². The van der Waals surface area contributed by atoms with E-state index in [2.05, 4.69) is 32.6 Å². The third-order valence-electron chi connectivity index (χ3n) is 4.52. The number of phenolic OH excluding ortho intramolecular Hbond substituents is 1. The van der Waals surface area contributed by atoms with E-state index in [0.717, 1.165) is 16.2 Å². The van der Waals surface area contributed by atoms with E-state index < -0.39 is 5.92 Å². The normalized spacial score (nSPS) is 15.8. The van der Waals surface area contributed by atoms with Crippen LogP contribution in [-0.2, 0) is 9.59 Å². The first-order chi connectivity index (χ1) is 14.9. The van der Waals surface area contributed by atoms with Crippen LogP contribution in [0.2, 0.25) is 0 Å². The molecular weight excluding hydrogens is 482 g/mol. The molecule has 31 heavy (non-hydrogen) atoms. The number of benzene rings is 2. The van der Waals surface area contributed by atoms with Crippen molar-refractivity contribution in [2.75, 3.05) is 17.7 Å². The molecule has 0 radical (unpaired) electrons. The second kappa shape index (κ2) is 10.4. The summed E-state index contributed by atoms with van der Waals surface area (Å²) < 4.78 is 6.33. The molecule has 0 spiro atoms. The molecule has 9 heteroatoms. The Bertz CT molecular complexity index is 1060. The molecule has 2 aromatic rings. The van der Waals surface area contributed by atoms with Crippen LogP contribution < -0.4 is 15.4 Å². The standard InChI is InChI=1S/C22H20BrN3O4S/c1-2-30-19-9-13(3-8-18(19)27)16-10-20(28)26-22(17(16)11-24)31-12-21(29)25-15-6-4-14(23)5-7-15/h3-9,16,27H,2,10,12H2,1H3,(H,25,29)(H,26,28)/t16-/m0/s1. The van der Waals surface area contributed by atoms with Crippen molar-refractivity contribution in [3.8, 4) is 17.6 Å². The average Bonchev–Trinajstić information content (AvgIpc) is 2.75. The molecule has 3 N–H and O–H groups in total. The first kappa shape index (κ1) is 22.7. The zero-order valence-electron chi connectivity index (χ0n) is 16.6. The van der Waals surface area contributed by atoms with Crippen molar-refractivity contribution in [3.63, 3.8) is 0 Å². The summed E-state index contributed by atoms with van der Waals surface area (Å²) in [5.74, 6) is -0.666. The van der Waals surface area contributed by atoms with Crippen LogP contribution in [0.1, 0.15) is 24.8 Å². The van der Waals surface area contributed by atoms with Crippen LogP contribution >= 0.6 is 27.7 Å². The number of phenols is 1. The van der Waals surface area contributed by atoms with Gasteiger partial charge in [0.05, 0.1) is 29.0 Å². The van der Waals surface area contributed by atoms with Crippen molar-refractivity contribution in [2.24, 2.45) is 0 Å². The largest absolute Gasteiger partial charge is 0.504 e. The number of amides is 2. The lowest BCUT2D eigenvalue weighted by molar-refractivity contribution is -0.121. The third kappa shape index (κ3) is 5.81. The lowest BCUT2D eigenvalue weighted by Crippen LogP contribution is -2.31. The molecule has 0 aliphatic carbocycles. The number of nitrogens with one attached hydrogen (secondary N) is 2. The van der Waals surface area contributed by atoms with Crippen molar-refractivity contribution in [1.82, 2.24) is 5.32 Å². The first-order valence-corrected chi connectivity index (χ1v) is 11.3. The van der Waals surface area contributed by atoms with Gasteiger partial charge in [-0.15, -0.1) is 0 Å². The minimum absolute atomic E-state index is 0.00689. The van der Waals surface area contributed by atoms with Gasteiger partial charge in [-0.05, 0) is 48.9 Å². The van der Waals surface area contributed by atoms with Gasteiger partial charge in [-0.1, -0.05) is 33.8 Å². The molecule has 0 saturated carbocycles. The number of carbonyl (C=O) groups is 2. The number of ether oxygens (including phenoxy) is 1. The maximum Gasteiger partial charge on any atom is 0.234 e. The number of nitriles is 1. The average molecular weight is 502 g/mol. The van der Waals surface area contributed by atoms with Crippen molar-refractivity contribution in [3.05, 3.63) is 63.1 Å². The molecule has 2 amide bonds. The number of allylic oxidation sites excluding steroid dienone is 1. The number of hydrogen-bond acceptors (Lipinski definition) is 6. The minimum atomic E-state index is -0.490. The van der Waals surface area contributed by atoms with Crippen LogP contribution in [0.3, 0.4) is 0 Å². The Morgan fingerprint density at radius 1 is 1.35 bits per heavy atom. The van der Waals surface area contributed by atoms with Gasteiger partial charge in [0, 0.05) is 22.5 Å². The van der Waals surface area contributed by atoms with Gasteiger partial charge in [0.1, 0.15) is 0 Å². The van der Waals surface area contributed by atoms with Crippen LogP contribution in [-0.4, -0.2) is 29.3 Å². The summed E-state index contributed by atoms with van der Waals surface area (Å²) in [6, 6.07) is 14.1. The summed E-state index contributed by atoms with van der Waals surface area (Å²) >= 11 is 4.44. The molecule has 160 valence electrons. The molecular formula is C22H20BrN3O4S. The predicted octanol–water partition coefficient (Wildman–Crippen LogP) is 4.26. The van der Waals surface area contributed by atoms with Gasteiger partial charge in [-0.2, -0.15) is 5.26 Å². The Balaban J connectivity index is 1.78. The lowest BCUT2D eigenvalue weighted by Gasteiger charge is -2.25. The second-order valence-electron chi connectivity index (χ2n) is 6.66. The highest BCUT2D eigenvalue weighted by Crippen LogP contribution is 2.39. The number of hydrogen-bond donors (Lipinski definition) is 3. The summed E-state index contributed by atoms with van der Waals surface area (Å²) in [4.78, 5) is 24.6. The number of halogens is 1. The number of thioether (sulfide) groups is 1. The van der Waals surface area contributed by atoms with E-state index in [1.165, 1.54) is 6.07 Å². The number of anilines is 1. The van der Waals surface area contributed by atoms with Crippen LogP contribution in [0.15, 0.2) is 57.5 Å². The molecule has 1 aliphatic rings. The maximum atomic E-state index is 12.3. The van der Waals surface area contributed by atoms with Gasteiger partial charge >= 0.3 is 0 Å². The quantitative estimate of drug-likeness (QED) is 0.522. The summed E-state index contributed by atoms with van der Waals surface area (Å²) in [5.41, 5.74) is 1.71. The van der Waals surface area contributed by atoms with Gasteiger partial charge in [0.25, 0.3) is 0 Å². The Morgan fingerprint density at radius 3 is 2.77 bits per heavy atom. The predicted molar refractivity (Wildman–Crippen MR) is 123 cm³/mol. The fourth-order valence-electron chi connectivity index (χ4n) is 3.10. The summed E-state index contributed by atoms with van der Waals surface area (Å²) in [6.07, 6.45) is 0.0916. The van der Waals surface area contributed by atoms with Gasteiger partial charge in [0.2, 0.25) is 11.8 Å². The Morgan fingerprint density at radius 2 is 2.10 bits per heavy atom. The molecule has 0 unspecified atom stereocenters. The number of nitrogens with zero attached hydrogens (tertiary/aromatic N) is 1. The van der Waals surface area contributed by atoms with Gasteiger partial charge in [0.15, 0.2) is 11.5 Å². The highest BCUT2D eigenvalue weighted by molar-refractivity contribution is 9.10. The molecule has 1 aliphatic heterocycles.